The molecule has 0 aliphatic rings. The molecule has 0 N–H and O–H groups in total. The topological polar surface area (TPSA) is 17.1 Å². The van der Waals surface area contributed by atoms with E-state index in [1.807, 2.05) is 18.2 Å². The summed E-state index contributed by atoms with van der Waals surface area (Å²) in [5.41, 5.74) is 11.6. The molecule has 0 spiro atoms. The highest BCUT2D eigenvalue weighted by molar-refractivity contribution is 5.98. The van der Waals surface area contributed by atoms with Gasteiger partial charge in [0.25, 0.3) is 0 Å². The van der Waals surface area contributed by atoms with Gasteiger partial charge in [-0.2, -0.15) is 0 Å². The Morgan fingerprint density at radius 3 is 1.12 bits per heavy atom. The minimum absolute atomic E-state index is 0.0663. The first-order chi connectivity index (χ1) is 18.0. The third kappa shape index (κ3) is 6.00. The van der Waals surface area contributed by atoms with Gasteiger partial charge in [-0.1, -0.05) is 152 Å². The van der Waals surface area contributed by atoms with Crippen LogP contribution in [0.25, 0.3) is 22.3 Å². The van der Waals surface area contributed by atoms with Gasteiger partial charge in [0, 0.05) is 5.56 Å². The molecule has 0 amide bonds. The molecule has 0 unspecified atom stereocenters. The molecule has 0 bridgehead atoms. The zero-order chi connectivity index (χ0) is 30.6. The molecule has 3 aromatic carbocycles. The molecule has 0 heterocycles. The summed E-state index contributed by atoms with van der Waals surface area (Å²) in [6.07, 6.45) is 1.09. The van der Waals surface area contributed by atoms with E-state index in [4.69, 9.17) is 0 Å². The van der Waals surface area contributed by atoms with Crippen LogP contribution in [0.1, 0.15) is 142 Å². The first-order valence-corrected chi connectivity index (χ1v) is 14.9. The molecule has 1 heteroatoms. The summed E-state index contributed by atoms with van der Waals surface area (Å²) in [5, 5.41) is 0. The van der Waals surface area contributed by atoms with Crippen LogP contribution < -0.4 is 0 Å². The molecule has 0 aromatic heterocycles. The van der Waals surface area contributed by atoms with Gasteiger partial charge >= 0.3 is 0 Å². The number of hydrogen-bond donors (Lipinski definition) is 0. The Labute approximate surface area is 245 Å². The van der Waals surface area contributed by atoms with E-state index in [2.05, 4.69) is 134 Å². The van der Waals surface area contributed by atoms with Crippen molar-refractivity contribution in [2.24, 2.45) is 0 Å². The number of rotatable bonds is 3. The predicted molar refractivity (Wildman–Crippen MR) is 176 cm³/mol. The van der Waals surface area contributed by atoms with Gasteiger partial charge in [-0.15, -0.1) is 0 Å². The van der Waals surface area contributed by atoms with E-state index in [1.54, 1.807) is 0 Å². The zero-order valence-corrected chi connectivity index (χ0v) is 28.1. The monoisotopic (exact) mass is 538 g/mol. The molecule has 0 fully saturated rings. The average molecular weight is 539 g/mol. The highest BCUT2D eigenvalue weighted by atomic mass is 16.1. The zero-order valence-electron chi connectivity index (χ0n) is 28.1. The Morgan fingerprint density at radius 2 is 0.775 bits per heavy atom. The Morgan fingerprint density at radius 1 is 0.425 bits per heavy atom. The van der Waals surface area contributed by atoms with E-state index in [-0.39, 0.29) is 27.1 Å². The van der Waals surface area contributed by atoms with Gasteiger partial charge in [0.15, 0.2) is 6.29 Å². The van der Waals surface area contributed by atoms with Crippen molar-refractivity contribution in [3.63, 3.8) is 0 Å². The number of aldehydes is 1. The molecule has 3 rings (SSSR count). The summed E-state index contributed by atoms with van der Waals surface area (Å²) in [7, 11) is 0. The van der Waals surface area contributed by atoms with Crippen LogP contribution >= 0.6 is 0 Å². The lowest BCUT2D eigenvalue weighted by atomic mass is 9.58. The van der Waals surface area contributed by atoms with Gasteiger partial charge in [0.1, 0.15) is 0 Å². The largest absolute Gasteiger partial charge is 0.298 e. The average Bonchev–Trinajstić information content (AvgIpc) is 2.79. The lowest BCUT2D eigenvalue weighted by Crippen LogP contribution is -2.36. The van der Waals surface area contributed by atoms with Crippen molar-refractivity contribution in [3.05, 3.63) is 81.9 Å². The van der Waals surface area contributed by atoms with Crippen molar-refractivity contribution in [3.8, 4) is 22.3 Å². The minimum atomic E-state index is -0.155. The minimum Gasteiger partial charge on any atom is -0.298 e. The first-order valence-electron chi connectivity index (χ1n) is 14.9. The fourth-order valence-electron chi connectivity index (χ4n) is 6.55. The van der Waals surface area contributed by atoms with Crippen molar-refractivity contribution >= 4 is 6.29 Å². The molecule has 0 aliphatic carbocycles. The molecule has 0 atom stereocenters. The van der Waals surface area contributed by atoms with E-state index in [0.29, 0.717) is 0 Å². The summed E-state index contributed by atoms with van der Waals surface area (Å²) in [4.78, 5) is 13.1. The van der Waals surface area contributed by atoms with Crippen molar-refractivity contribution in [2.75, 3.05) is 0 Å². The maximum absolute atomic E-state index is 13.1. The molecule has 0 saturated carbocycles. The Kier molecular flexibility index (Phi) is 8.21. The second-order valence-corrected chi connectivity index (χ2v) is 16.8. The van der Waals surface area contributed by atoms with E-state index < -0.39 is 0 Å². The van der Waals surface area contributed by atoms with E-state index in [9.17, 15) is 4.79 Å². The molecule has 1 nitrogen and oxygen atoms in total. The van der Waals surface area contributed by atoms with E-state index in [0.717, 1.165) is 28.5 Å². The van der Waals surface area contributed by atoms with Crippen molar-refractivity contribution in [1.82, 2.24) is 0 Å². The van der Waals surface area contributed by atoms with Crippen LogP contribution in [0.4, 0.5) is 0 Å². The fourth-order valence-corrected chi connectivity index (χ4v) is 6.55. The molecule has 0 radical (unpaired) electrons. The van der Waals surface area contributed by atoms with Gasteiger partial charge in [-0.25, -0.2) is 0 Å². The maximum Gasteiger partial charge on any atom is 0.151 e. The van der Waals surface area contributed by atoms with E-state index >= 15 is 0 Å². The third-order valence-electron chi connectivity index (χ3n) is 7.83. The van der Waals surface area contributed by atoms with Crippen LogP contribution in [-0.2, 0) is 27.1 Å². The van der Waals surface area contributed by atoms with E-state index in [1.165, 1.54) is 33.4 Å². The highest BCUT2D eigenvalue weighted by Gasteiger charge is 2.43. The normalized spacial score (nSPS) is 13.5. The fraction of sp³-hybridized carbons (Fsp3) is 0.513. The molecular weight excluding hydrogens is 484 g/mol. The second kappa shape index (κ2) is 10.3. The summed E-state index contributed by atoms with van der Waals surface area (Å²) in [5.74, 6) is 0. The highest BCUT2D eigenvalue weighted by Crippen LogP contribution is 2.54. The molecule has 216 valence electrons. The van der Waals surface area contributed by atoms with Crippen molar-refractivity contribution in [1.29, 1.82) is 0 Å². The van der Waals surface area contributed by atoms with Gasteiger partial charge in [-0.05, 0) is 77.1 Å². The van der Waals surface area contributed by atoms with Crippen molar-refractivity contribution < 1.29 is 4.79 Å². The van der Waals surface area contributed by atoms with Crippen LogP contribution in [0.15, 0.2) is 48.5 Å². The SMILES string of the molecule is CC(C)(C)c1c(-c2cccc(-c3ccccc3)c2C=O)c(C(C)(C)C)c(C(C)(C)C)c(C(C)(C)C)c1C(C)(C)C. The van der Waals surface area contributed by atoms with Gasteiger partial charge in [-0.3, -0.25) is 4.79 Å². The summed E-state index contributed by atoms with van der Waals surface area (Å²) in [6, 6.07) is 16.7. The first kappa shape index (κ1) is 31.9. The molecule has 0 saturated heterocycles. The number of carbonyl (C=O) groups excluding carboxylic acids is 1. The smallest absolute Gasteiger partial charge is 0.151 e. The lowest BCUT2D eigenvalue weighted by Gasteiger charge is -2.46. The van der Waals surface area contributed by atoms with Crippen LogP contribution in [0, 0.1) is 0 Å². The van der Waals surface area contributed by atoms with Gasteiger partial charge in [0.05, 0.1) is 0 Å². The molecule has 40 heavy (non-hydrogen) atoms. The number of hydrogen-bond acceptors (Lipinski definition) is 1. The lowest BCUT2D eigenvalue weighted by molar-refractivity contribution is 0.112. The van der Waals surface area contributed by atoms with Gasteiger partial charge in [0.2, 0.25) is 0 Å². The molecular formula is C39H54O. The van der Waals surface area contributed by atoms with Crippen LogP contribution in [-0.4, -0.2) is 6.29 Å². The summed E-state index contributed by atoms with van der Waals surface area (Å²) < 4.78 is 0. The number of carbonyl (C=O) groups is 1. The summed E-state index contributed by atoms with van der Waals surface area (Å²) in [6.45, 7) is 35.4. The second-order valence-electron chi connectivity index (χ2n) is 16.8. The Balaban J connectivity index is 2.87. The summed E-state index contributed by atoms with van der Waals surface area (Å²) >= 11 is 0. The maximum atomic E-state index is 13.1. The third-order valence-corrected chi connectivity index (χ3v) is 7.83. The van der Waals surface area contributed by atoms with Crippen LogP contribution in [0.5, 0.6) is 0 Å². The standard InChI is InChI=1S/C39H54O/c1-35(2,3)30-29(27-23-19-22-26(28(27)24-40)25-20-17-16-18-21-25)31(36(4,5)6)33(38(10,11)12)34(39(13,14)15)32(30)37(7,8)9/h16-24H,1-15H3. The molecule has 3 aromatic rings. The van der Waals surface area contributed by atoms with Gasteiger partial charge < -0.3 is 0 Å². The quantitative estimate of drug-likeness (QED) is 0.303. The molecule has 0 aliphatic heterocycles. The predicted octanol–water partition coefficient (Wildman–Crippen LogP) is 11.3. The van der Waals surface area contributed by atoms with Crippen LogP contribution in [0.3, 0.4) is 0 Å². The van der Waals surface area contributed by atoms with Crippen LogP contribution in [0.2, 0.25) is 0 Å². The number of benzene rings is 3. The van der Waals surface area contributed by atoms with Crippen molar-refractivity contribution in [2.45, 2.75) is 131 Å². The Bertz CT molecular complexity index is 1330. The Hall–Kier alpha value is -2.67.